The van der Waals surface area contributed by atoms with Gasteiger partial charge in [0.05, 0.1) is 23.9 Å². The molecule has 37 heavy (non-hydrogen) atoms. The number of fused-ring (bicyclic) bond motifs is 6. The Morgan fingerprint density at radius 3 is 2.57 bits per heavy atom. The summed E-state index contributed by atoms with van der Waals surface area (Å²) in [5.41, 5.74) is 2.56. The van der Waals surface area contributed by atoms with E-state index in [1.165, 1.54) is 12.3 Å². The molecular formula is C29H32N2O6. The number of carboxylic acid groups (broad SMARTS) is 1. The molecule has 8 heteroatoms. The SMILES string of the molecule is COCCCOc1cc2c(cc1OCc1ccccc1)-c1cc(=O)c(C(=O)O)cn1N1C2CCC1(C)C. The Bertz CT molecular complexity index is 1360. The van der Waals surface area contributed by atoms with Crippen molar-refractivity contribution in [1.29, 1.82) is 0 Å². The van der Waals surface area contributed by atoms with Crippen molar-refractivity contribution < 1.29 is 24.1 Å². The summed E-state index contributed by atoms with van der Waals surface area (Å²) in [7, 11) is 1.67. The van der Waals surface area contributed by atoms with Crippen LogP contribution in [0.2, 0.25) is 0 Å². The first-order chi connectivity index (χ1) is 17.8. The minimum Gasteiger partial charge on any atom is -0.490 e. The maximum atomic E-state index is 12.8. The van der Waals surface area contributed by atoms with Gasteiger partial charge < -0.3 is 19.3 Å². The van der Waals surface area contributed by atoms with E-state index in [0.717, 1.165) is 36.0 Å². The fourth-order valence-electron chi connectivity index (χ4n) is 5.36. The summed E-state index contributed by atoms with van der Waals surface area (Å²) in [6.07, 6.45) is 4.01. The van der Waals surface area contributed by atoms with E-state index in [1.807, 2.05) is 47.1 Å². The molecule has 1 atom stereocenters. The number of hydrogen-bond donors (Lipinski definition) is 1. The molecule has 0 aliphatic carbocycles. The van der Waals surface area contributed by atoms with E-state index >= 15 is 0 Å². The largest absolute Gasteiger partial charge is 0.490 e. The van der Waals surface area contributed by atoms with Crippen LogP contribution in [0.5, 0.6) is 11.5 Å². The average molecular weight is 505 g/mol. The van der Waals surface area contributed by atoms with Crippen LogP contribution in [0.4, 0.5) is 0 Å². The van der Waals surface area contributed by atoms with Gasteiger partial charge in [0, 0.05) is 38.0 Å². The van der Waals surface area contributed by atoms with Crippen molar-refractivity contribution in [3.63, 3.8) is 0 Å². The average Bonchev–Trinajstić information content (AvgIpc) is 3.20. The normalized spacial score (nSPS) is 17.1. The highest BCUT2D eigenvalue weighted by atomic mass is 16.5. The molecule has 3 aromatic rings. The lowest BCUT2D eigenvalue weighted by Crippen LogP contribution is -2.50. The molecule has 2 aromatic carbocycles. The third-order valence-electron chi connectivity index (χ3n) is 7.18. The minimum atomic E-state index is -1.23. The van der Waals surface area contributed by atoms with Crippen molar-refractivity contribution in [1.82, 2.24) is 4.68 Å². The zero-order valence-electron chi connectivity index (χ0n) is 21.4. The van der Waals surface area contributed by atoms with Crippen LogP contribution in [-0.2, 0) is 11.3 Å². The summed E-state index contributed by atoms with van der Waals surface area (Å²) in [6, 6.07) is 15.3. The molecule has 0 saturated carbocycles. The molecule has 194 valence electrons. The first-order valence-corrected chi connectivity index (χ1v) is 12.6. The molecule has 0 radical (unpaired) electrons. The second kappa shape index (κ2) is 9.94. The van der Waals surface area contributed by atoms with Gasteiger partial charge in [0.15, 0.2) is 16.9 Å². The Kier molecular flexibility index (Phi) is 6.69. The van der Waals surface area contributed by atoms with Crippen molar-refractivity contribution in [2.75, 3.05) is 25.3 Å². The van der Waals surface area contributed by atoms with E-state index in [1.54, 1.807) is 7.11 Å². The van der Waals surface area contributed by atoms with Crippen molar-refractivity contribution in [2.45, 2.75) is 51.3 Å². The van der Waals surface area contributed by atoms with Gasteiger partial charge in [-0.3, -0.25) is 14.5 Å². The lowest BCUT2D eigenvalue weighted by atomic mass is 9.93. The van der Waals surface area contributed by atoms with Crippen molar-refractivity contribution >= 4 is 5.97 Å². The van der Waals surface area contributed by atoms with Gasteiger partial charge in [-0.25, -0.2) is 4.79 Å². The van der Waals surface area contributed by atoms with Gasteiger partial charge in [0.1, 0.15) is 12.2 Å². The highest BCUT2D eigenvalue weighted by Gasteiger charge is 2.45. The van der Waals surface area contributed by atoms with Crippen LogP contribution >= 0.6 is 0 Å². The Labute approximate surface area is 216 Å². The third-order valence-corrected chi connectivity index (χ3v) is 7.18. The highest BCUT2D eigenvalue weighted by Crippen LogP contribution is 2.50. The van der Waals surface area contributed by atoms with Gasteiger partial charge in [-0.05, 0) is 49.9 Å². The van der Waals surface area contributed by atoms with Gasteiger partial charge in [-0.2, -0.15) is 0 Å². The lowest BCUT2D eigenvalue weighted by Gasteiger charge is -2.44. The fraction of sp³-hybridized carbons (Fsp3) is 0.379. The minimum absolute atomic E-state index is 0.00569. The smallest absolute Gasteiger partial charge is 0.341 e. The maximum Gasteiger partial charge on any atom is 0.341 e. The number of benzene rings is 2. The van der Waals surface area contributed by atoms with Gasteiger partial charge in [0.25, 0.3) is 0 Å². The Morgan fingerprint density at radius 2 is 1.84 bits per heavy atom. The Morgan fingerprint density at radius 1 is 1.08 bits per heavy atom. The van der Waals surface area contributed by atoms with Crippen molar-refractivity contribution in [3.8, 4) is 22.8 Å². The fourth-order valence-corrected chi connectivity index (χ4v) is 5.36. The molecule has 2 aliphatic heterocycles. The quantitative estimate of drug-likeness (QED) is 0.420. The van der Waals surface area contributed by atoms with E-state index in [4.69, 9.17) is 14.2 Å². The zero-order valence-corrected chi connectivity index (χ0v) is 21.4. The predicted octanol–water partition coefficient (Wildman–Crippen LogP) is 4.77. The predicted molar refractivity (Wildman–Crippen MR) is 140 cm³/mol. The second-order valence-electron chi connectivity index (χ2n) is 10.2. The standard InChI is InChI=1S/C29H32N2O6/c1-29(2)11-10-23-20-14-26(36-13-7-12-35-3)27(37-18-19-8-5-4-6-9-19)15-21(20)24-16-25(32)22(28(33)34)17-30(24)31(23)29/h4-6,8-9,14-17,23H,7,10-13,18H2,1-3H3,(H,33,34). The highest BCUT2D eigenvalue weighted by molar-refractivity contribution is 5.88. The number of nitrogens with zero attached hydrogens (tertiary/aromatic N) is 2. The van der Waals surface area contributed by atoms with E-state index in [0.29, 0.717) is 37.0 Å². The molecule has 2 aliphatic rings. The van der Waals surface area contributed by atoms with Crippen LogP contribution in [0, 0.1) is 0 Å². The van der Waals surface area contributed by atoms with Gasteiger partial charge in [-0.1, -0.05) is 30.3 Å². The monoisotopic (exact) mass is 504 g/mol. The number of pyridine rings is 1. The van der Waals surface area contributed by atoms with E-state index in [9.17, 15) is 14.7 Å². The van der Waals surface area contributed by atoms with Gasteiger partial charge >= 0.3 is 5.97 Å². The summed E-state index contributed by atoms with van der Waals surface area (Å²) in [5.74, 6) is -0.00762. The van der Waals surface area contributed by atoms with E-state index in [2.05, 4.69) is 18.9 Å². The first kappa shape index (κ1) is 24.9. The summed E-state index contributed by atoms with van der Waals surface area (Å²) in [6.45, 7) is 5.71. The number of ether oxygens (including phenoxy) is 3. The van der Waals surface area contributed by atoms with Gasteiger partial charge in [0.2, 0.25) is 0 Å². The van der Waals surface area contributed by atoms with Crippen molar-refractivity contribution in [2.24, 2.45) is 0 Å². The summed E-state index contributed by atoms with van der Waals surface area (Å²) in [5, 5.41) is 11.8. The molecule has 3 heterocycles. The molecule has 5 rings (SSSR count). The first-order valence-electron chi connectivity index (χ1n) is 12.6. The van der Waals surface area contributed by atoms with E-state index < -0.39 is 11.4 Å². The molecule has 1 N–H and O–H groups in total. The molecule has 8 nitrogen and oxygen atoms in total. The molecule has 0 amide bonds. The van der Waals surface area contributed by atoms with Gasteiger partial charge in [-0.15, -0.1) is 0 Å². The number of rotatable bonds is 9. The van der Waals surface area contributed by atoms with Crippen molar-refractivity contribution in [3.05, 3.63) is 81.6 Å². The van der Waals surface area contributed by atoms with E-state index in [-0.39, 0.29) is 17.1 Å². The summed E-state index contributed by atoms with van der Waals surface area (Å²) >= 11 is 0. The Hall–Kier alpha value is -3.78. The van der Waals surface area contributed by atoms with Crippen LogP contribution in [0.15, 0.2) is 59.5 Å². The van der Waals surface area contributed by atoms with Crippen LogP contribution in [0.1, 0.15) is 60.6 Å². The molecule has 1 saturated heterocycles. The topological polar surface area (TPSA) is 90.2 Å². The lowest BCUT2D eigenvalue weighted by molar-refractivity contribution is 0.0694. The summed E-state index contributed by atoms with van der Waals surface area (Å²) in [4.78, 5) is 24.6. The molecular weight excluding hydrogens is 472 g/mol. The molecule has 0 bridgehead atoms. The second-order valence-corrected chi connectivity index (χ2v) is 10.2. The number of carboxylic acids is 1. The van der Waals surface area contributed by atoms with Crippen LogP contribution < -0.4 is 19.9 Å². The molecule has 1 fully saturated rings. The van der Waals surface area contributed by atoms with Crippen LogP contribution in [-0.4, -0.2) is 41.6 Å². The zero-order chi connectivity index (χ0) is 26.2. The number of carbonyl (C=O) groups is 1. The van der Waals surface area contributed by atoms with Crippen LogP contribution in [0.3, 0.4) is 0 Å². The Balaban J connectivity index is 1.63. The summed E-state index contributed by atoms with van der Waals surface area (Å²) < 4.78 is 19.5. The molecule has 1 aromatic heterocycles. The third kappa shape index (κ3) is 4.69. The maximum absolute atomic E-state index is 12.8. The number of aromatic nitrogens is 1. The van der Waals surface area contributed by atoms with Crippen LogP contribution in [0.25, 0.3) is 11.3 Å². The molecule has 0 spiro atoms. The molecule has 1 unspecified atom stereocenters. The number of hydrogen-bond acceptors (Lipinski definition) is 6. The number of methoxy groups -OCH3 is 1. The number of aromatic carboxylic acids is 1.